The largest absolute Gasteiger partial charge is 0.136 e. The summed E-state index contributed by atoms with van der Waals surface area (Å²) in [6.45, 7) is 11.5. The normalized spacial score (nSPS) is 11.0. The first-order valence-electron chi connectivity index (χ1n) is 10.1. The molecule has 0 aliphatic heterocycles. The zero-order chi connectivity index (χ0) is 18.0. The summed E-state index contributed by atoms with van der Waals surface area (Å²) < 4.78 is 0.817. The summed E-state index contributed by atoms with van der Waals surface area (Å²) in [4.78, 5) is 0. The van der Waals surface area contributed by atoms with E-state index in [2.05, 4.69) is 59.5 Å². The van der Waals surface area contributed by atoms with E-state index < -0.39 is 7.26 Å². The Bertz CT molecular complexity index is 217. The molecule has 0 saturated heterocycles. The average Bonchev–Trinajstić information content (AvgIpc) is 2.54. The van der Waals surface area contributed by atoms with Crippen molar-refractivity contribution in [3.63, 3.8) is 0 Å². The van der Waals surface area contributed by atoms with Gasteiger partial charge in [-0.05, 0) is 32.1 Å². The second kappa shape index (κ2) is 19.2. The summed E-state index contributed by atoms with van der Waals surface area (Å²) in [7, 11) is -0.562. The van der Waals surface area contributed by atoms with Crippen molar-refractivity contribution in [2.45, 2.75) is 98.8 Å². The van der Waals surface area contributed by atoms with Crippen LogP contribution in [0.4, 0.5) is 0 Å². The van der Waals surface area contributed by atoms with Crippen LogP contribution in [0, 0.1) is 0 Å². The number of hydrogen-bond acceptors (Lipinski definition) is 1. The first-order chi connectivity index (χ1) is 11.0. The third-order valence-corrected chi connectivity index (χ3v) is 9.90. The molecule has 0 N–H and O–H groups in total. The Morgan fingerprint density at radius 1 is 0.652 bits per heavy atom. The van der Waals surface area contributed by atoms with Crippen LogP contribution < -0.4 is 0 Å². The maximum atomic E-state index is 4.66. The molecule has 0 atom stereocenters. The second-order valence-corrected chi connectivity index (χ2v) is 12.6. The van der Waals surface area contributed by atoms with Crippen LogP contribution in [-0.2, 0) is 0 Å². The van der Waals surface area contributed by atoms with Gasteiger partial charge < -0.3 is 0 Å². The molecule has 3 heteroatoms. The summed E-state index contributed by atoms with van der Waals surface area (Å²) in [5.74, 6) is 0. The van der Waals surface area contributed by atoms with Crippen LogP contribution >= 0.6 is 32.1 Å². The van der Waals surface area contributed by atoms with Gasteiger partial charge in [0.25, 0.3) is 0 Å². The summed E-state index contributed by atoms with van der Waals surface area (Å²) >= 11 is 8.57. The minimum atomic E-state index is -0.562. The lowest BCUT2D eigenvalue weighted by Crippen LogP contribution is -2.12. The lowest BCUT2D eigenvalue weighted by molar-refractivity contribution is 0.814. The summed E-state index contributed by atoms with van der Waals surface area (Å²) in [6, 6.07) is 0. The highest BCUT2D eigenvalue weighted by Gasteiger charge is 2.34. The molecule has 0 unspecified atom stereocenters. The van der Waals surface area contributed by atoms with Crippen LogP contribution in [0.2, 0.25) is 0 Å². The molecule has 0 aromatic heterocycles. The molecular weight excluding hydrogens is 335 g/mol. The van der Waals surface area contributed by atoms with E-state index in [4.69, 9.17) is 0 Å². The molecule has 0 aliphatic rings. The molecule has 0 bridgehead atoms. The number of thiocarbonyl (C=S) groups is 1. The molecule has 0 saturated carbocycles. The SMILES string of the molecule is CCCC(=S)S.CCCC[P+](CCCC)(CCCC)CCCC. The maximum absolute atomic E-state index is 4.66. The minimum absolute atomic E-state index is 0.562. The number of rotatable bonds is 14. The van der Waals surface area contributed by atoms with Gasteiger partial charge in [-0.25, -0.2) is 0 Å². The van der Waals surface area contributed by atoms with E-state index in [1.165, 1.54) is 51.4 Å². The van der Waals surface area contributed by atoms with Crippen molar-refractivity contribution in [3.8, 4) is 0 Å². The maximum Gasteiger partial charge on any atom is 0.0594 e. The summed E-state index contributed by atoms with van der Waals surface area (Å²) in [6.07, 6.45) is 20.0. The predicted octanol–water partition coefficient (Wildman–Crippen LogP) is 8.25. The van der Waals surface area contributed by atoms with E-state index in [9.17, 15) is 0 Å². The highest BCUT2D eigenvalue weighted by atomic mass is 32.1. The van der Waals surface area contributed by atoms with E-state index in [0.717, 1.165) is 17.0 Å². The Morgan fingerprint density at radius 3 is 1.09 bits per heavy atom. The topological polar surface area (TPSA) is 0 Å². The zero-order valence-electron chi connectivity index (χ0n) is 16.7. The predicted molar refractivity (Wildman–Crippen MR) is 123 cm³/mol. The van der Waals surface area contributed by atoms with Gasteiger partial charge in [-0.1, -0.05) is 78.9 Å². The first kappa shape index (κ1) is 26.1. The van der Waals surface area contributed by atoms with E-state index in [0.29, 0.717) is 0 Å². The lowest BCUT2D eigenvalue weighted by Gasteiger charge is -2.28. The first-order valence-corrected chi connectivity index (χ1v) is 13.5. The molecule has 0 amide bonds. The molecule has 0 fully saturated rings. The van der Waals surface area contributed by atoms with Crippen molar-refractivity contribution in [3.05, 3.63) is 0 Å². The molecule has 0 aliphatic carbocycles. The van der Waals surface area contributed by atoms with Crippen LogP contribution in [0.1, 0.15) is 98.8 Å². The van der Waals surface area contributed by atoms with Crippen LogP contribution in [0.5, 0.6) is 0 Å². The molecule has 0 heterocycles. The van der Waals surface area contributed by atoms with Gasteiger partial charge in [0.1, 0.15) is 0 Å². The Balaban J connectivity index is 0. The number of thiol groups is 1. The molecule has 0 aromatic rings. The number of hydrogen-bond donors (Lipinski definition) is 1. The van der Waals surface area contributed by atoms with Crippen molar-refractivity contribution < 1.29 is 0 Å². The third-order valence-electron chi connectivity index (χ3n) is 4.41. The third kappa shape index (κ3) is 17.5. The fourth-order valence-corrected chi connectivity index (χ4v) is 8.58. The van der Waals surface area contributed by atoms with Crippen LogP contribution in [0.25, 0.3) is 0 Å². The smallest absolute Gasteiger partial charge is 0.0594 e. The van der Waals surface area contributed by atoms with Gasteiger partial charge in [0, 0.05) is 11.5 Å². The molecule has 0 rings (SSSR count). The molecule has 140 valence electrons. The van der Waals surface area contributed by atoms with Gasteiger partial charge in [0.15, 0.2) is 0 Å². The standard InChI is InChI=1S/C16H36P.C4H8S2/c1-5-9-13-17(14-10-6-2,15-11-7-3)16-12-8-4;1-2-3-4(5)6/h5-16H2,1-4H3;2-3H2,1H3,(H,5,6)/q+1;. The van der Waals surface area contributed by atoms with E-state index in [1.807, 2.05) is 0 Å². The highest BCUT2D eigenvalue weighted by Crippen LogP contribution is 2.61. The second-order valence-electron chi connectivity index (χ2n) is 6.79. The Labute approximate surface area is 159 Å². The van der Waals surface area contributed by atoms with Crippen LogP contribution in [0.3, 0.4) is 0 Å². The zero-order valence-corrected chi connectivity index (χ0v) is 19.3. The molecule has 0 aromatic carbocycles. The molecule has 23 heavy (non-hydrogen) atoms. The van der Waals surface area contributed by atoms with Crippen molar-refractivity contribution in [2.75, 3.05) is 24.6 Å². The van der Waals surface area contributed by atoms with Crippen molar-refractivity contribution in [1.29, 1.82) is 0 Å². The van der Waals surface area contributed by atoms with Crippen LogP contribution in [-0.4, -0.2) is 28.8 Å². The van der Waals surface area contributed by atoms with E-state index in [-0.39, 0.29) is 0 Å². The highest BCUT2D eigenvalue weighted by molar-refractivity contribution is 8.11. The molecule has 0 radical (unpaired) electrons. The Kier molecular flexibility index (Phi) is 21.8. The van der Waals surface area contributed by atoms with E-state index in [1.54, 1.807) is 24.6 Å². The summed E-state index contributed by atoms with van der Waals surface area (Å²) in [5.41, 5.74) is 0. The molecular formula is C20H44PS2+. The fraction of sp³-hybridized carbons (Fsp3) is 0.950. The van der Waals surface area contributed by atoms with E-state index >= 15 is 0 Å². The average molecular weight is 380 g/mol. The molecule has 0 nitrogen and oxygen atoms in total. The Morgan fingerprint density at radius 2 is 0.957 bits per heavy atom. The van der Waals surface area contributed by atoms with Gasteiger partial charge in [-0.15, -0.1) is 12.6 Å². The van der Waals surface area contributed by atoms with Crippen LogP contribution in [0.15, 0.2) is 0 Å². The van der Waals surface area contributed by atoms with Gasteiger partial charge in [-0.3, -0.25) is 0 Å². The van der Waals surface area contributed by atoms with Gasteiger partial charge in [-0.2, -0.15) is 0 Å². The minimum Gasteiger partial charge on any atom is -0.136 e. The molecule has 0 spiro atoms. The van der Waals surface area contributed by atoms with Crippen molar-refractivity contribution in [2.24, 2.45) is 0 Å². The van der Waals surface area contributed by atoms with Gasteiger partial charge in [0.05, 0.1) is 24.6 Å². The van der Waals surface area contributed by atoms with Gasteiger partial charge in [0.2, 0.25) is 0 Å². The van der Waals surface area contributed by atoms with Gasteiger partial charge >= 0.3 is 0 Å². The van der Waals surface area contributed by atoms with Crippen molar-refractivity contribution in [1.82, 2.24) is 0 Å². The number of unbranched alkanes of at least 4 members (excludes halogenated alkanes) is 4. The summed E-state index contributed by atoms with van der Waals surface area (Å²) in [5, 5.41) is 0. The Hall–Kier alpha value is 0.870. The fourth-order valence-electron chi connectivity index (χ4n) is 2.86. The monoisotopic (exact) mass is 379 g/mol. The lowest BCUT2D eigenvalue weighted by atomic mass is 10.4. The van der Waals surface area contributed by atoms with Crippen molar-refractivity contribution >= 4 is 36.3 Å². The quantitative estimate of drug-likeness (QED) is 0.180.